The van der Waals surface area contributed by atoms with E-state index < -0.39 is 0 Å². The monoisotopic (exact) mass is 357 g/mol. The predicted octanol–water partition coefficient (Wildman–Crippen LogP) is -0.135. The summed E-state index contributed by atoms with van der Waals surface area (Å²) in [5, 5.41) is 4.16. The van der Waals surface area contributed by atoms with E-state index in [9.17, 15) is 4.79 Å². The first-order chi connectivity index (χ1) is 12.7. The first-order valence-electron chi connectivity index (χ1n) is 8.78. The van der Waals surface area contributed by atoms with Crippen LogP contribution in [0.5, 0.6) is 5.88 Å². The number of hydrogen-bond acceptors (Lipinski definition) is 7. The molecule has 2 aliphatic rings. The van der Waals surface area contributed by atoms with Crippen LogP contribution in [0, 0.1) is 0 Å². The Kier molecular flexibility index (Phi) is 4.46. The van der Waals surface area contributed by atoms with Gasteiger partial charge in [-0.3, -0.25) is 14.4 Å². The lowest BCUT2D eigenvalue weighted by Gasteiger charge is -2.48. The van der Waals surface area contributed by atoms with Crippen molar-refractivity contribution < 1.29 is 9.53 Å². The van der Waals surface area contributed by atoms with Crippen LogP contribution in [0.25, 0.3) is 0 Å². The smallest absolute Gasteiger partial charge is 0.261 e. The predicted molar refractivity (Wildman–Crippen MR) is 95.3 cm³/mol. The van der Waals surface area contributed by atoms with Crippen molar-refractivity contribution >= 4 is 11.9 Å². The number of ether oxygens (including phenoxy) is 1. The molecule has 2 aromatic rings. The van der Waals surface area contributed by atoms with Gasteiger partial charge >= 0.3 is 0 Å². The average molecular weight is 357 g/mol. The molecule has 26 heavy (non-hydrogen) atoms. The van der Waals surface area contributed by atoms with Crippen LogP contribution in [0.1, 0.15) is 10.4 Å². The number of likely N-dealkylation sites (tertiary alicyclic amines) is 1. The molecule has 0 spiro atoms. The summed E-state index contributed by atoms with van der Waals surface area (Å²) in [5.74, 6) is 1.17. The molecule has 138 valence electrons. The third kappa shape index (κ3) is 3.10. The van der Waals surface area contributed by atoms with Crippen LogP contribution in [-0.2, 0) is 7.05 Å². The molecular weight excluding hydrogens is 334 g/mol. The van der Waals surface area contributed by atoms with Crippen molar-refractivity contribution in [2.75, 3.05) is 51.3 Å². The van der Waals surface area contributed by atoms with Crippen LogP contribution in [0.2, 0.25) is 0 Å². The second-order valence-corrected chi connectivity index (χ2v) is 6.66. The van der Waals surface area contributed by atoms with Gasteiger partial charge in [-0.25, -0.2) is 9.97 Å². The molecule has 0 N–H and O–H groups in total. The molecule has 0 bridgehead atoms. The van der Waals surface area contributed by atoms with Gasteiger partial charge in [0.05, 0.1) is 7.11 Å². The van der Waals surface area contributed by atoms with Gasteiger partial charge in [0, 0.05) is 70.9 Å². The summed E-state index contributed by atoms with van der Waals surface area (Å²) < 4.78 is 6.80. The Bertz CT molecular complexity index is 765. The summed E-state index contributed by atoms with van der Waals surface area (Å²) in [6.07, 6.45) is 5.26. The van der Waals surface area contributed by atoms with Gasteiger partial charge in [-0.1, -0.05) is 0 Å². The number of methoxy groups -OCH3 is 1. The van der Waals surface area contributed by atoms with E-state index in [4.69, 9.17) is 4.74 Å². The van der Waals surface area contributed by atoms with E-state index in [0.717, 1.165) is 45.2 Å². The topological polar surface area (TPSA) is 79.6 Å². The maximum atomic E-state index is 12.6. The molecule has 0 aliphatic carbocycles. The van der Waals surface area contributed by atoms with Gasteiger partial charge in [0.1, 0.15) is 5.56 Å². The van der Waals surface area contributed by atoms with Crippen molar-refractivity contribution in [1.29, 1.82) is 0 Å². The Hall–Kier alpha value is -2.68. The average Bonchev–Trinajstić information content (AvgIpc) is 3.03. The Morgan fingerprint density at radius 2 is 1.85 bits per heavy atom. The number of nitrogens with zero attached hydrogens (tertiary/aromatic N) is 7. The molecule has 2 fully saturated rings. The molecule has 2 aromatic heterocycles. The van der Waals surface area contributed by atoms with E-state index in [2.05, 4.69) is 24.9 Å². The number of aryl methyl sites for hydroxylation is 1. The van der Waals surface area contributed by atoms with E-state index in [1.165, 1.54) is 7.11 Å². The molecule has 2 aliphatic heterocycles. The van der Waals surface area contributed by atoms with Gasteiger partial charge in [-0.05, 0) is 6.07 Å². The van der Waals surface area contributed by atoms with Crippen molar-refractivity contribution in [3.05, 3.63) is 30.2 Å². The quantitative estimate of drug-likeness (QED) is 0.754. The number of carbonyl (C=O) groups excluding carboxylic acids is 1. The maximum Gasteiger partial charge on any atom is 0.261 e. The van der Waals surface area contributed by atoms with Crippen molar-refractivity contribution in [2.45, 2.75) is 6.04 Å². The second kappa shape index (κ2) is 6.91. The normalized spacial score (nSPS) is 18.7. The zero-order chi connectivity index (χ0) is 18.1. The molecule has 0 radical (unpaired) electrons. The number of piperazine rings is 1. The minimum atomic E-state index is -0.0116. The van der Waals surface area contributed by atoms with Crippen LogP contribution in [0.3, 0.4) is 0 Å². The number of rotatable bonds is 4. The Labute approximate surface area is 152 Å². The van der Waals surface area contributed by atoms with Gasteiger partial charge in [0.2, 0.25) is 11.8 Å². The molecule has 0 aromatic carbocycles. The first-order valence-corrected chi connectivity index (χ1v) is 8.78. The lowest BCUT2D eigenvalue weighted by molar-refractivity contribution is 0.0243. The Morgan fingerprint density at radius 3 is 2.50 bits per heavy atom. The summed E-state index contributed by atoms with van der Waals surface area (Å²) in [6, 6.07) is 2.25. The zero-order valence-corrected chi connectivity index (χ0v) is 15.1. The fourth-order valence-corrected chi connectivity index (χ4v) is 3.53. The first kappa shape index (κ1) is 16.8. The van der Waals surface area contributed by atoms with E-state index in [-0.39, 0.29) is 5.91 Å². The molecule has 9 heteroatoms. The van der Waals surface area contributed by atoms with Gasteiger partial charge in [-0.2, -0.15) is 0 Å². The number of amides is 1. The molecule has 1 amide bonds. The number of carbonyl (C=O) groups is 1. The number of hydrogen-bond donors (Lipinski definition) is 0. The highest BCUT2D eigenvalue weighted by Crippen LogP contribution is 2.23. The lowest BCUT2D eigenvalue weighted by Crippen LogP contribution is -2.64. The summed E-state index contributed by atoms with van der Waals surface area (Å²) in [7, 11) is 3.32. The van der Waals surface area contributed by atoms with E-state index in [0.29, 0.717) is 17.5 Å². The molecule has 2 saturated heterocycles. The molecular formula is C17H23N7O2. The van der Waals surface area contributed by atoms with Gasteiger partial charge < -0.3 is 14.5 Å². The van der Waals surface area contributed by atoms with Crippen LogP contribution in [0.4, 0.5) is 5.95 Å². The van der Waals surface area contributed by atoms with Crippen LogP contribution >= 0.6 is 0 Å². The highest BCUT2D eigenvalue weighted by molar-refractivity contribution is 5.96. The summed E-state index contributed by atoms with van der Waals surface area (Å²) in [6.45, 7) is 5.23. The van der Waals surface area contributed by atoms with E-state index in [1.807, 2.05) is 11.0 Å². The highest BCUT2D eigenvalue weighted by atomic mass is 16.5. The Balaban J connectivity index is 1.30. The van der Waals surface area contributed by atoms with E-state index >= 15 is 0 Å². The molecule has 0 saturated carbocycles. The molecule has 0 atom stereocenters. The van der Waals surface area contributed by atoms with Gasteiger partial charge in [0.15, 0.2) is 0 Å². The third-order valence-corrected chi connectivity index (χ3v) is 5.03. The number of aromatic nitrogens is 4. The summed E-state index contributed by atoms with van der Waals surface area (Å²) in [5.41, 5.74) is 0.527. The standard InChI is InChI=1S/C17H23N7O2/c1-21-12-14(15(20-21)26-2)16(25)24-10-13(11-24)22-6-8-23(9-7-22)17-18-4-3-5-19-17/h3-5,12-13H,6-11H2,1-2H3. The van der Waals surface area contributed by atoms with Crippen molar-refractivity contribution in [3.8, 4) is 5.88 Å². The lowest BCUT2D eigenvalue weighted by atomic mass is 10.0. The third-order valence-electron chi connectivity index (χ3n) is 5.03. The summed E-state index contributed by atoms with van der Waals surface area (Å²) in [4.78, 5) is 27.8. The molecule has 4 heterocycles. The Morgan fingerprint density at radius 1 is 1.15 bits per heavy atom. The van der Waals surface area contributed by atoms with E-state index in [1.54, 1.807) is 30.3 Å². The van der Waals surface area contributed by atoms with Crippen molar-refractivity contribution in [2.24, 2.45) is 7.05 Å². The van der Waals surface area contributed by atoms with Crippen LogP contribution in [-0.4, -0.2) is 87.9 Å². The highest BCUT2D eigenvalue weighted by Gasteiger charge is 2.37. The minimum absolute atomic E-state index is 0.0116. The van der Waals surface area contributed by atoms with Crippen LogP contribution in [0.15, 0.2) is 24.7 Å². The largest absolute Gasteiger partial charge is 0.479 e. The van der Waals surface area contributed by atoms with Crippen molar-refractivity contribution in [1.82, 2.24) is 29.5 Å². The fraction of sp³-hybridized carbons (Fsp3) is 0.529. The minimum Gasteiger partial charge on any atom is -0.479 e. The summed E-state index contributed by atoms with van der Waals surface area (Å²) >= 11 is 0. The molecule has 0 unspecified atom stereocenters. The van der Waals surface area contributed by atoms with Crippen molar-refractivity contribution in [3.63, 3.8) is 0 Å². The zero-order valence-electron chi connectivity index (χ0n) is 15.1. The molecule has 9 nitrogen and oxygen atoms in total. The SMILES string of the molecule is COc1nn(C)cc1C(=O)N1CC(N2CCN(c3ncccn3)CC2)C1. The molecule has 4 rings (SSSR count). The van der Waals surface area contributed by atoms with Gasteiger partial charge in [-0.15, -0.1) is 5.10 Å². The van der Waals surface area contributed by atoms with Gasteiger partial charge in [0.25, 0.3) is 5.91 Å². The fourth-order valence-electron chi connectivity index (χ4n) is 3.53. The van der Waals surface area contributed by atoms with Crippen LogP contribution < -0.4 is 9.64 Å². The number of anilines is 1. The maximum absolute atomic E-state index is 12.6. The second-order valence-electron chi connectivity index (χ2n) is 6.66.